The van der Waals surface area contributed by atoms with Crippen LogP contribution in [0.2, 0.25) is 0 Å². The Kier molecular flexibility index (Phi) is 5.24. The van der Waals surface area contributed by atoms with Gasteiger partial charge in [0.25, 0.3) is 0 Å². The zero-order valence-electron chi connectivity index (χ0n) is 17.2. The van der Waals surface area contributed by atoms with E-state index in [-0.39, 0.29) is 17.5 Å². The fraction of sp³-hybridized carbons (Fsp3) is 0.455. The Hall–Kier alpha value is -2.40. The molecule has 3 rings (SSSR count). The average molecular weight is 367 g/mol. The van der Waals surface area contributed by atoms with Crippen LogP contribution in [0.1, 0.15) is 36.8 Å². The van der Waals surface area contributed by atoms with Crippen molar-refractivity contribution in [3.63, 3.8) is 0 Å². The number of pyridine rings is 1. The Balaban J connectivity index is 1.82. The predicted molar refractivity (Wildman–Crippen MR) is 110 cm³/mol. The van der Waals surface area contributed by atoms with E-state index in [4.69, 9.17) is 4.98 Å². The maximum absolute atomic E-state index is 13.3. The van der Waals surface area contributed by atoms with Crippen LogP contribution >= 0.6 is 0 Å². The summed E-state index contributed by atoms with van der Waals surface area (Å²) in [5.41, 5.74) is 4.00. The molecule has 144 valence electrons. The van der Waals surface area contributed by atoms with Gasteiger partial charge in [-0.15, -0.1) is 0 Å². The fourth-order valence-electron chi connectivity index (χ4n) is 3.78. The zero-order chi connectivity index (χ0) is 19.8. The lowest BCUT2D eigenvalue weighted by Crippen LogP contribution is -2.45. The average Bonchev–Trinajstić information content (AvgIpc) is 2.90. The number of fused-ring (bicyclic) bond motifs is 1. The standard InChI is InChI=1S/C22H30N4O/c1-16-12-13-18-20(23-16)22(2,3)15-26(18)21(27)25(6)14-19(24(4)5)17-10-8-7-9-11-17/h7-13,19H,14-15H2,1-6H3. The van der Waals surface area contributed by atoms with Crippen LogP contribution in [0, 0.1) is 6.92 Å². The second-order valence-electron chi connectivity index (χ2n) is 8.34. The van der Waals surface area contributed by atoms with Gasteiger partial charge in [-0.05, 0) is 38.7 Å². The quantitative estimate of drug-likeness (QED) is 0.825. The summed E-state index contributed by atoms with van der Waals surface area (Å²) in [6.07, 6.45) is 0. The molecule has 2 amide bonds. The molecule has 1 aromatic carbocycles. The Morgan fingerprint density at radius 1 is 1.15 bits per heavy atom. The van der Waals surface area contributed by atoms with Gasteiger partial charge in [0.05, 0.1) is 17.4 Å². The Morgan fingerprint density at radius 3 is 2.44 bits per heavy atom. The lowest BCUT2D eigenvalue weighted by atomic mass is 9.91. The number of aromatic nitrogens is 1. The normalized spacial score (nSPS) is 16.3. The maximum Gasteiger partial charge on any atom is 0.324 e. The lowest BCUT2D eigenvalue weighted by molar-refractivity contribution is 0.190. The Morgan fingerprint density at radius 2 is 1.81 bits per heavy atom. The number of carbonyl (C=O) groups is 1. The van der Waals surface area contributed by atoms with E-state index >= 15 is 0 Å². The molecule has 0 fully saturated rings. The highest BCUT2D eigenvalue weighted by molar-refractivity contribution is 5.94. The smallest absolute Gasteiger partial charge is 0.324 e. The van der Waals surface area contributed by atoms with E-state index in [1.807, 2.05) is 54.1 Å². The van der Waals surface area contributed by atoms with Gasteiger partial charge in [-0.3, -0.25) is 9.88 Å². The van der Waals surface area contributed by atoms with Crippen molar-refractivity contribution < 1.29 is 4.79 Å². The molecule has 1 aromatic heterocycles. The van der Waals surface area contributed by atoms with E-state index in [0.29, 0.717) is 13.1 Å². The van der Waals surface area contributed by atoms with Crippen molar-refractivity contribution in [1.82, 2.24) is 14.8 Å². The van der Waals surface area contributed by atoms with E-state index < -0.39 is 0 Å². The van der Waals surface area contributed by atoms with Crippen LogP contribution in [0.5, 0.6) is 0 Å². The molecule has 0 bridgehead atoms. The van der Waals surface area contributed by atoms with E-state index in [9.17, 15) is 4.79 Å². The topological polar surface area (TPSA) is 39.7 Å². The first kappa shape index (κ1) is 19.4. The van der Waals surface area contributed by atoms with Crippen LogP contribution in [0.15, 0.2) is 42.5 Å². The third kappa shape index (κ3) is 3.83. The number of hydrogen-bond acceptors (Lipinski definition) is 3. The van der Waals surface area contributed by atoms with E-state index in [2.05, 4.69) is 45.0 Å². The van der Waals surface area contributed by atoms with Crippen LogP contribution in [0.25, 0.3) is 0 Å². The minimum Gasteiger partial charge on any atom is -0.325 e. The first-order valence-corrected chi connectivity index (χ1v) is 9.43. The van der Waals surface area contributed by atoms with Crippen molar-refractivity contribution in [2.24, 2.45) is 0 Å². The number of urea groups is 1. The molecular weight excluding hydrogens is 336 g/mol. The van der Waals surface area contributed by atoms with Gasteiger partial charge in [0.1, 0.15) is 0 Å². The largest absolute Gasteiger partial charge is 0.325 e. The van der Waals surface area contributed by atoms with Crippen LogP contribution in [0.3, 0.4) is 0 Å². The highest BCUT2D eigenvalue weighted by Gasteiger charge is 2.40. The molecule has 0 spiro atoms. The molecule has 0 saturated carbocycles. The maximum atomic E-state index is 13.3. The van der Waals surface area contributed by atoms with Crippen molar-refractivity contribution in [2.45, 2.75) is 32.2 Å². The van der Waals surface area contributed by atoms with Crippen molar-refractivity contribution in [1.29, 1.82) is 0 Å². The van der Waals surface area contributed by atoms with Crippen LogP contribution in [0.4, 0.5) is 10.5 Å². The predicted octanol–water partition coefficient (Wildman–Crippen LogP) is 3.84. The summed E-state index contributed by atoms with van der Waals surface area (Å²) in [5.74, 6) is 0. The van der Waals surface area contributed by atoms with Gasteiger partial charge < -0.3 is 9.80 Å². The minimum atomic E-state index is -0.141. The summed E-state index contributed by atoms with van der Waals surface area (Å²) in [5, 5.41) is 0. The molecule has 1 atom stereocenters. The Bertz CT molecular complexity index is 816. The highest BCUT2D eigenvalue weighted by Crippen LogP contribution is 2.39. The highest BCUT2D eigenvalue weighted by atomic mass is 16.2. The molecule has 0 radical (unpaired) electrons. The number of amides is 2. The number of likely N-dealkylation sites (N-methyl/N-ethyl adjacent to an activating group) is 2. The van der Waals surface area contributed by atoms with Gasteiger partial charge in [0.2, 0.25) is 0 Å². The van der Waals surface area contributed by atoms with Crippen LogP contribution < -0.4 is 4.90 Å². The Labute approximate surface area is 162 Å². The van der Waals surface area contributed by atoms with Gasteiger partial charge in [-0.25, -0.2) is 4.79 Å². The van der Waals surface area contributed by atoms with Crippen LogP contribution in [-0.2, 0) is 5.41 Å². The number of benzene rings is 1. The summed E-state index contributed by atoms with van der Waals surface area (Å²) in [4.78, 5) is 23.8. The fourth-order valence-corrected chi connectivity index (χ4v) is 3.78. The third-order valence-electron chi connectivity index (χ3n) is 5.31. The van der Waals surface area contributed by atoms with Crippen molar-refractivity contribution in [3.8, 4) is 0 Å². The van der Waals surface area contributed by atoms with E-state index in [1.165, 1.54) is 5.56 Å². The number of hydrogen-bond donors (Lipinski definition) is 0. The number of rotatable bonds is 4. The summed E-state index contributed by atoms with van der Waals surface area (Å²) in [6.45, 7) is 7.58. The van der Waals surface area contributed by atoms with E-state index in [0.717, 1.165) is 17.1 Å². The number of nitrogens with zero attached hydrogens (tertiary/aromatic N) is 4. The van der Waals surface area contributed by atoms with Gasteiger partial charge in [-0.1, -0.05) is 44.2 Å². The molecule has 1 aliphatic rings. The molecule has 5 nitrogen and oxygen atoms in total. The summed E-state index contributed by atoms with van der Waals surface area (Å²) < 4.78 is 0. The first-order chi connectivity index (χ1) is 12.7. The first-order valence-electron chi connectivity index (χ1n) is 9.43. The summed E-state index contributed by atoms with van der Waals surface area (Å²) in [6, 6.07) is 14.5. The molecule has 0 saturated heterocycles. The molecule has 2 aromatic rings. The van der Waals surface area contributed by atoms with Crippen molar-refractivity contribution >= 4 is 11.7 Å². The minimum absolute atomic E-state index is 0.0234. The number of anilines is 1. The molecule has 2 heterocycles. The molecule has 0 N–H and O–H groups in total. The molecule has 1 aliphatic heterocycles. The SMILES string of the molecule is Cc1ccc2c(n1)C(C)(C)CN2C(=O)N(C)CC(c1ccccc1)N(C)C. The zero-order valence-corrected chi connectivity index (χ0v) is 17.2. The molecular formula is C22H30N4O. The third-order valence-corrected chi connectivity index (χ3v) is 5.31. The molecule has 27 heavy (non-hydrogen) atoms. The van der Waals surface area contributed by atoms with Gasteiger partial charge >= 0.3 is 6.03 Å². The molecule has 1 unspecified atom stereocenters. The molecule has 0 aliphatic carbocycles. The molecule has 5 heteroatoms. The lowest BCUT2D eigenvalue weighted by Gasteiger charge is -2.32. The number of aryl methyl sites for hydroxylation is 1. The second-order valence-corrected chi connectivity index (χ2v) is 8.34. The van der Waals surface area contributed by atoms with Crippen LogP contribution in [-0.4, -0.2) is 55.0 Å². The monoisotopic (exact) mass is 366 g/mol. The number of carbonyl (C=O) groups excluding carboxylic acids is 1. The van der Waals surface area contributed by atoms with Crippen molar-refractivity contribution in [2.75, 3.05) is 39.1 Å². The van der Waals surface area contributed by atoms with Gasteiger partial charge in [0.15, 0.2) is 0 Å². The summed E-state index contributed by atoms with van der Waals surface area (Å²) >= 11 is 0. The summed E-state index contributed by atoms with van der Waals surface area (Å²) in [7, 11) is 5.99. The second kappa shape index (κ2) is 7.31. The van der Waals surface area contributed by atoms with Crippen molar-refractivity contribution in [3.05, 3.63) is 59.4 Å². The van der Waals surface area contributed by atoms with E-state index in [1.54, 1.807) is 0 Å². The van der Waals surface area contributed by atoms with Gasteiger partial charge in [0, 0.05) is 31.2 Å². The van der Waals surface area contributed by atoms with Gasteiger partial charge in [-0.2, -0.15) is 0 Å².